The summed E-state index contributed by atoms with van der Waals surface area (Å²) in [5.74, 6) is -0.482. The molecule has 3 heterocycles. The number of carboxylic acids is 1. The average Bonchev–Trinajstić information content (AvgIpc) is 3.28. The van der Waals surface area contributed by atoms with E-state index in [-0.39, 0.29) is 17.8 Å². The quantitative estimate of drug-likeness (QED) is 0.365. The van der Waals surface area contributed by atoms with E-state index in [4.69, 9.17) is 35.3 Å². The average molecular weight is 536 g/mol. The van der Waals surface area contributed by atoms with Crippen molar-refractivity contribution in [2.45, 2.75) is 19.4 Å². The van der Waals surface area contributed by atoms with Crippen LogP contribution in [0.4, 0.5) is 5.82 Å². The number of benzene rings is 1. The number of halogens is 3. The lowest BCUT2D eigenvalue weighted by Crippen LogP contribution is -2.04. The van der Waals surface area contributed by atoms with Crippen molar-refractivity contribution in [2.24, 2.45) is 0 Å². The second-order valence-electron chi connectivity index (χ2n) is 7.01. The second-order valence-corrected chi connectivity index (χ2v) is 13.4. The maximum atomic E-state index is 11.7. The number of rotatable bonds is 4. The first kappa shape index (κ1) is 25.9. The number of nitrogens with one attached hydrogen (secondary N) is 1. The number of carbonyl (C=O) groups is 2. The lowest BCUT2D eigenvalue weighted by atomic mass is 10.1. The van der Waals surface area contributed by atoms with Crippen LogP contribution in [0.3, 0.4) is 0 Å². The molecular weight excluding hydrogens is 518 g/mol. The van der Waals surface area contributed by atoms with Gasteiger partial charge in [-0.1, -0.05) is 18.2 Å². The fourth-order valence-corrected chi connectivity index (χ4v) is 3.39. The van der Waals surface area contributed by atoms with Crippen LogP contribution in [0.1, 0.15) is 23.2 Å². The maximum Gasteiger partial charge on any atom is 0.643 e. The number of fused-ring (bicyclic) bond motifs is 1. The summed E-state index contributed by atoms with van der Waals surface area (Å²) in [4.78, 5) is 41.8. The molecule has 0 unspecified atom stereocenters. The summed E-state index contributed by atoms with van der Waals surface area (Å²) < 4.78 is 1.98. The van der Waals surface area contributed by atoms with Crippen molar-refractivity contribution in [1.82, 2.24) is 14.5 Å². The molecule has 1 amide bonds. The van der Waals surface area contributed by atoms with Gasteiger partial charge in [-0.3, -0.25) is 14.4 Å². The molecule has 2 N–H and O–H groups in total. The lowest BCUT2D eigenvalue weighted by Gasteiger charge is -2.01. The van der Waals surface area contributed by atoms with Crippen LogP contribution in [-0.4, -0.2) is 42.9 Å². The molecule has 0 radical (unpaired) electrons. The summed E-state index contributed by atoms with van der Waals surface area (Å²) in [6.07, 6.45) is 4.11. The third-order valence-electron chi connectivity index (χ3n) is 4.79. The summed E-state index contributed by atoms with van der Waals surface area (Å²) in [7, 11) is 14.8. The molecule has 0 atom stereocenters. The summed E-state index contributed by atoms with van der Waals surface area (Å²) in [6.45, 7) is 0.701. The molecule has 0 spiro atoms. The predicted octanol–water partition coefficient (Wildman–Crippen LogP) is 4.75. The Hall–Kier alpha value is -2.67. The van der Waals surface area contributed by atoms with Crippen molar-refractivity contribution in [3.63, 3.8) is 0 Å². The largest absolute Gasteiger partial charge is 0.643 e. The molecule has 0 saturated heterocycles. The number of aliphatic carboxylic acids is 1. The number of aryl methyl sites for hydroxylation is 1. The molecule has 0 aliphatic carbocycles. The first-order valence-electron chi connectivity index (χ1n) is 10.0. The zero-order chi connectivity index (χ0) is 24.7. The maximum absolute atomic E-state index is 11.7. The molecule has 0 fully saturated rings. The Morgan fingerprint density at radius 3 is 2.50 bits per heavy atom. The van der Waals surface area contributed by atoms with Gasteiger partial charge in [-0.2, -0.15) is 0 Å². The Morgan fingerprint density at radius 1 is 1.03 bits per heavy atom. The number of pyridine rings is 1. The third-order valence-corrected chi connectivity index (χ3v) is 4.79. The first-order valence-corrected chi connectivity index (χ1v) is 15.3. The number of anilines is 1. The van der Waals surface area contributed by atoms with E-state index < -0.39 is 17.4 Å². The van der Waals surface area contributed by atoms with Crippen LogP contribution >= 0.6 is 30.1 Å². The number of hydrogen-bond donors (Lipinski definition) is 2. The highest BCUT2D eigenvalue weighted by Gasteiger charge is 2.21. The van der Waals surface area contributed by atoms with Crippen molar-refractivity contribution >= 4 is 81.0 Å². The van der Waals surface area contributed by atoms with Gasteiger partial charge in [0.25, 0.3) is 5.91 Å². The van der Waals surface area contributed by atoms with Gasteiger partial charge in [0.1, 0.15) is 5.82 Å². The molecule has 2 aromatic heterocycles. The first-order chi connectivity index (χ1) is 16.3. The van der Waals surface area contributed by atoms with Gasteiger partial charge in [0.2, 0.25) is 0 Å². The van der Waals surface area contributed by atoms with Crippen molar-refractivity contribution in [2.75, 3.05) is 5.32 Å². The van der Waals surface area contributed by atoms with Crippen molar-refractivity contribution in [1.29, 1.82) is 0 Å². The smallest absolute Gasteiger partial charge is 0.481 e. The standard InChI is InChI=1S/C11H6N2O2.C11H12N2O2.Al.3ClH/c14-8-3-1-2-7-9-6(8)4-5-12-10(9)13-11(7)15;14-11(15)6-3-7-13-8-12-9-4-1-2-5-10(9)13;;;;/h1-5H,(H,12,13,15);1-2,4-5,8H,3,6-7H2,(H,14,15);;3*1H/q;;+3;;;/p-3. The molecular formula is C22H18AlCl3N4O4. The van der Waals surface area contributed by atoms with Crippen LogP contribution in [0.25, 0.3) is 21.8 Å². The van der Waals surface area contributed by atoms with Gasteiger partial charge in [-0.05, 0) is 36.8 Å². The van der Waals surface area contributed by atoms with Crippen LogP contribution in [0.2, 0.25) is 0 Å². The van der Waals surface area contributed by atoms with Crippen LogP contribution in [0.5, 0.6) is 0 Å². The molecule has 1 aliphatic heterocycles. The fraction of sp³-hybridized carbons (Fsp3) is 0.136. The zero-order valence-corrected chi connectivity index (χ0v) is 21.0. The van der Waals surface area contributed by atoms with E-state index in [9.17, 15) is 14.4 Å². The van der Waals surface area contributed by atoms with Gasteiger partial charge in [0, 0.05) is 29.9 Å². The van der Waals surface area contributed by atoms with Crippen LogP contribution < -0.4 is 10.7 Å². The number of nitrogens with zero attached hydrogens (tertiary/aromatic N) is 3. The van der Waals surface area contributed by atoms with E-state index in [2.05, 4.69) is 15.3 Å². The van der Waals surface area contributed by atoms with Crippen molar-refractivity contribution < 1.29 is 14.7 Å². The van der Waals surface area contributed by atoms with Gasteiger partial charge < -0.3 is 15.0 Å². The van der Waals surface area contributed by atoms with E-state index in [1.165, 1.54) is 12.3 Å². The second kappa shape index (κ2) is 12.2. The minimum absolute atomic E-state index is 0.101. The van der Waals surface area contributed by atoms with Crippen LogP contribution in [0.15, 0.2) is 65.8 Å². The van der Waals surface area contributed by atoms with E-state index >= 15 is 0 Å². The Morgan fingerprint density at radius 2 is 1.76 bits per heavy atom. The number of imidazole rings is 1. The molecule has 1 aliphatic rings. The molecule has 2 aromatic carbocycles. The Labute approximate surface area is 211 Å². The summed E-state index contributed by atoms with van der Waals surface area (Å²) in [5.41, 5.74) is 2.42. The van der Waals surface area contributed by atoms with Gasteiger partial charge in [-0.15, -0.1) is 0 Å². The topological polar surface area (TPSA) is 114 Å². The minimum atomic E-state index is -1.72. The van der Waals surface area contributed by atoms with Crippen molar-refractivity contribution in [3.8, 4) is 0 Å². The van der Waals surface area contributed by atoms with E-state index in [1.807, 2.05) is 28.8 Å². The van der Waals surface area contributed by atoms with Gasteiger partial charge in [0.15, 0.2) is 5.43 Å². The fourth-order valence-electron chi connectivity index (χ4n) is 3.39. The Bertz CT molecular complexity index is 1390. The van der Waals surface area contributed by atoms with Crippen LogP contribution in [-0.2, 0) is 11.3 Å². The Balaban J connectivity index is 0.000000165. The monoisotopic (exact) mass is 534 g/mol. The molecule has 34 heavy (non-hydrogen) atoms. The highest BCUT2D eigenvalue weighted by Crippen LogP contribution is 2.27. The molecule has 0 saturated carbocycles. The highest BCUT2D eigenvalue weighted by molar-refractivity contribution is 7.54. The highest BCUT2D eigenvalue weighted by atomic mass is 35.8. The molecule has 5 rings (SSSR count). The molecule has 8 nitrogen and oxygen atoms in total. The number of carboxylic acid groups (broad SMARTS) is 1. The summed E-state index contributed by atoms with van der Waals surface area (Å²) >= 11 is -1.72. The van der Waals surface area contributed by atoms with E-state index in [1.54, 1.807) is 24.5 Å². The third kappa shape index (κ3) is 6.69. The minimum Gasteiger partial charge on any atom is -0.481 e. The number of hydrogen-bond acceptors (Lipinski definition) is 5. The number of para-hydroxylation sites is 2. The van der Waals surface area contributed by atoms with Crippen LogP contribution in [0, 0.1) is 0 Å². The normalized spacial score (nSPS) is 11.2. The van der Waals surface area contributed by atoms with Gasteiger partial charge >= 0.3 is 17.4 Å². The number of aromatic nitrogens is 3. The van der Waals surface area contributed by atoms with E-state index in [0.717, 1.165) is 11.0 Å². The SMILES string of the molecule is O=C(O)CCCn1cnc2ccccc21.O=C1Nc2nccc3c(=O)cccc1c23.[Cl][Al]([Cl])[Cl]. The molecule has 12 heteroatoms. The number of amides is 1. The molecule has 4 aromatic rings. The number of carbonyl (C=O) groups excluding carboxylic acids is 1. The van der Waals surface area contributed by atoms with Gasteiger partial charge in [0.05, 0.1) is 22.9 Å². The zero-order valence-electron chi connectivity index (χ0n) is 17.6. The molecule has 174 valence electrons. The molecule has 0 bridgehead atoms. The lowest BCUT2D eigenvalue weighted by molar-refractivity contribution is -0.137. The van der Waals surface area contributed by atoms with Gasteiger partial charge in [-0.25, -0.2) is 40.1 Å². The summed E-state index contributed by atoms with van der Waals surface area (Å²) in [6, 6.07) is 14.1. The Kier molecular flexibility index (Phi) is 9.28. The summed E-state index contributed by atoms with van der Waals surface area (Å²) in [5, 5.41) is 12.3. The van der Waals surface area contributed by atoms with E-state index in [0.29, 0.717) is 35.1 Å². The van der Waals surface area contributed by atoms with Crippen molar-refractivity contribution in [3.05, 3.63) is 76.8 Å². The predicted molar refractivity (Wildman–Crippen MR) is 136 cm³/mol.